The summed E-state index contributed by atoms with van der Waals surface area (Å²) in [4.78, 5) is 10.8. The molecule has 0 aliphatic rings. The van der Waals surface area contributed by atoms with Gasteiger partial charge in [-0.15, -0.1) is 0 Å². The summed E-state index contributed by atoms with van der Waals surface area (Å²) < 4.78 is 5.39. The number of hydrogen-bond donors (Lipinski definition) is 2. The van der Waals surface area contributed by atoms with Crippen LogP contribution in [0.3, 0.4) is 0 Å². The van der Waals surface area contributed by atoms with E-state index in [1.165, 1.54) is 0 Å². The van der Waals surface area contributed by atoms with E-state index in [0.717, 1.165) is 26.0 Å². The van der Waals surface area contributed by atoms with Crippen LogP contribution in [-0.4, -0.2) is 38.8 Å². The molecule has 0 aliphatic carbocycles. The summed E-state index contributed by atoms with van der Waals surface area (Å²) in [6.07, 6.45) is 2.39. The highest BCUT2D eigenvalue weighted by atomic mass is 16.5. The molecule has 4 nitrogen and oxygen atoms in total. The number of ether oxygens (including phenoxy) is 1. The first-order valence-electron chi connectivity index (χ1n) is 5.68. The minimum atomic E-state index is 0.0834. The van der Waals surface area contributed by atoms with E-state index in [-0.39, 0.29) is 5.91 Å². The molecule has 2 N–H and O–H groups in total. The molecule has 0 radical (unpaired) electrons. The maximum atomic E-state index is 10.8. The van der Waals surface area contributed by atoms with Crippen LogP contribution in [0.15, 0.2) is 0 Å². The van der Waals surface area contributed by atoms with Crippen molar-refractivity contribution in [1.29, 1.82) is 0 Å². The fourth-order valence-electron chi connectivity index (χ4n) is 1.13. The van der Waals surface area contributed by atoms with Crippen LogP contribution in [0.5, 0.6) is 0 Å². The second-order valence-corrected chi connectivity index (χ2v) is 3.85. The molecule has 15 heavy (non-hydrogen) atoms. The van der Waals surface area contributed by atoms with Gasteiger partial charge in [-0.25, -0.2) is 0 Å². The number of nitrogens with one attached hydrogen (secondary N) is 2. The van der Waals surface area contributed by atoms with Crippen molar-refractivity contribution in [3.63, 3.8) is 0 Å². The van der Waals surface area contributed by atoms with E-state index in [0.29, 0.717) is 19.1 Å². The molecule has 0 aromatic carbocycles. The average molecular weight is 216 g/mol. The molecule has 0 saturated heterocycles. The Hall–Kier alpha value is -0.610. The van der Waals surface area contributed by atoms with Crippen molar-refractivity contribution in [2.24, 2.45) is 0 Å². The van der Waals surface area contributed by atoms with Gasteiger partial charge in [-0.2, -0.15) is 0 Å². The number of hydrogen-bond acceptors (Lipinski definition) is 3. The van der Waals surface area contributed by atoms with Crippen LogP contribution in [0.2, 0.25) is 0 Å². The summed E-state index contributed by atoms with van der Waals surface area (Å²) in [7, 11) is 1.65. The first-order valence-corrected chi connectivity index (χ1v) is 5.68. The van der Waals surface area contributed by atoms with Crippen LogP contribution in [0.1, 0.15) is 33.1 Å². The molecule has 0 spiro atoms. The fourth-order valence-corrected chi connectivity index (χ4v) is 1.13. The van der Waals surface area contributed by atoms with Gasteiger partial charge in [0.25, 0.3) is 0 Å². The molecule has 0 atom stereocenters. The van der Waals surface area contributed by atoms with Crippen LogP contribution < -0.4 is 10.6 Å². The zero-order chi connectivity index (χ0) is 11.5. The minimum Gasteiger partial charge on any atom is -0.381 e. The van der Waals surface area contributed by atoms with Crippen LogP contribution >= 0.6 is 0 Å². The lowest BCUT2D eigenvalue weighted by Gasteiger charge is -2.08. The summed E-state index contributed by atoms with van der Waals surface area (Å²) in [5.41, 5.74) is 0. The molecule has 1 amide bonds. The minimum absolute atomic E-state index is 0.0834. The Kier molecular flexibility index (Phi) is 9.52. The third-order valence-electron chi connectivity index (χ3n) is 1.99. The lowest BCUT2D eigenvalue weighted by Crippen LogP contribution is -2.24. The molecular formula is C11H24N2O2. The van der Waals surface area contributed by atoms with E-state index in [1.807, 2.05) is 0 Å². The molecule has 0 aromatic heterocycles. The third kappa shape index (κ3) is 11.3. The molecule has 0 unspecified atom stereocenters. The average Bonchev–Trinajstić information content (AvgIpc) is 2.21. The molecule has 90 valence electrons. The summed E-state index contributed by atoms with van der Waals surface area (Å²) >= 11 is 0. The van der Waals surface area contributed by atoms with Crippen LogP contribution in [-0.2, 0) is 9.53 Å². The van der Waals surface area contributed by atoms with E-state index in [9.17, 15) is 4.79 Å². The maximum Gasteiger partial charge on any atom is 0.219 e. The van der Waals surface area contributed by atoms with Crippen molar-refractivity contribution < 1.29 is 9.53 Å². The molecule has 0 heterocycles. The largest absolute Gasteiger partial charge is 0.381 e. The van der Waals surface area contributed by atoms with Gasteiger partial charge in [0.05, 0.1) is 0 Å². The van der Waals surface area contributed by atoms with Gasteiger partial charge in [0.2, 0.25) is 5.91 Å². The highest BCUT2D eigenvalue weighted by Crippen LogP contribution is 1.91. The monoisotopic (exact) mass is 216 g/mol. The van der Waals surface area contributed by atoms with Crippen LogP contribution in [0.4, 0.5) is 0 Å². The predicted molar refractivity (Wildman–Crippen MR) is 61.9 cm³/mol. The summed E-state index contributed by atoms with van der Waals surface area (Å²) in [6.45, 7) is 6.70. The van der Waals surface area contributed by atoms with Gasteiger partial charge in [0.1, 0.15) is 0 Å². The molecule has 4 heteroatoms. The molecule has 0 saturated carbocycles. The number of carbonyl (C=O) groups excluding carboxylic acids is 1. The zero-order valence-corrected chi connectivity index (χ0v) is 10.1. The third-order valence-corrected chi connectivity index (χ3v) is 1.99. The predicted octanol–water partition coefficient (Wildman–Crippen LogP) is 0.917. The van der Waals surface area contributed by atoms with Crippen molar-refractivity contribution in [1.82, 2.24) is 10.6 Å². The Morgan fingerprint density at radius 1 is 1.27 bits per heavy atom. The van der Waals surface area contributed by atoms with Gasteiger partial charge < -0.3 is 15.4 Å². The van der Waals surface area contributed by atoms with Gasteiger partial charge in [-0.3, -0.25) is 4.79 Å². The Morgan fingerprint density at radius 3 is 2.53 bits per heavy atom. The highest BCUT2D eigenvalue weighted by molar-refractivity contribution is 5.75. The molecule has 0 bridgehead atoms. The SMILES string of the molecule is CNC(=O)CCCOCCCNC(C)C. The van der Waals surface area contributed by atoms with E-state index in [4.69, 9.17) is 4.74 Å². The van der Waals surface area contributed by atoms with E-state index in [1.54, 1.807) is 7.05 Å². The lowest BCUT2D eigenvalue weighted by molar-refractivity contribution is -0.120. The van der Waals surface area contributed by atoms with Crippen molar-refractivity contribution in [3.8, 4) is 0 Å². The van der Waals surface area contributed by atoms with Crippen molar-refractivity contribution in [3.05, 3.63) is 0 Å². The number of rotatable bonds is 9. The van der Waals surface area contributed by atoms with Gasteiger partial charge >= 0.3 is 0 Å². The van der Waals surface area contributed by atoms with E-state index < -0.39 is 0 Å². The number of amides is 1. The van der Waals surface area contributed by atoms with Crippen LogP contribution in [0.25, 0.3) is 0 Å². The topological polar surface area (TPSA) is 50.4 Å². The second-order valence-electron chi connectivity index (χ2n) is 3.85. The lowest BCUT2D eigenvalue weighted by atomic mass is 10.3. The molecule has 0 rings (SSSR count). The van der Waals surface area contributed by atoms with Gasteiger partial charge in [-0.05, 0) is 19.4 Å². The first-order chi connectivity index (χ1) is 7.16. The van der Waals surface area contributed by atoms with E-state index >= 15 is 0 Å². The van der Waals surface area contributed by atoms with Crippen molar-refractivity contribution >= 4 is 5.91 Å². The quantitative estimate of drug-likeness (QED) is 0.563. The summed E-state index contributed by atoms with van der Waals surface area (Å²) in [6, 6.07) is 0.540. The second kappa shape index (κ2) is 9.93. The fraction of sp³-hybridized carbons (Fsp3) is 0.909. The first kappa shape index (κ1) is 14.4. The Balaban J connectivity index is 3.02. The molecular weight excluding hydrogens is 192 g/mol. The Bertz CT molecular complexity index is 161. The van der Waals surface area contributed by atoms with Gasteiger partial charge in [-0.1, -0.05) is 13.8 Å². The molecule has 0 aromatic rings. The van der Waals surface area contributed by atoms with Crippen molar-refractivity contribution in [2.75, 3.05) is 26.8 Å². The maximum absolute atomic E-state index is 10.8. The number of carbonyl (C=O) groups is 1. The highest BCUT2D eigenvalue weighted by Gasteiger charge is 1.97. The zero-order valence-electron chi connectivity index (χ0n) is 10.1. The summed E-state index contributed by atoms with van der Waals surface area (Å²) in [5, 5.41) is 5.90. The Labute approximate surface area is 92.8 Å². The van der Waals surface area contributed by atoms with Gasteiger partial charge in [0.15, 0.2) is 0 Å². The smallest absolute Gasteiger partial charge is 0.219 e. The van der Waals surface area contributed by atoms with Crippen LogP contribution in [0, 0.1) is 0 Å². The molecule has 0 aliphatic heterocycles. The normalized spacial score (nSPS) is 10.7. The molecule has 0 fully saturated rings. The van der Waals surface area contributed by atoms with E-state index in [2.05, 4.69) is 24.5 Å². The van der Waals surface area contributed by atoms with Gasteiger partial charge in [0, 0.05) is 32.7 Å². The van der Waals surface area contributed by atoms with Crippen molar-refractivity contribution in [2.45, 2.75) is 39.2 Å². The standard InChI is InChI=1S/C11H24N2O2/c1-10(2)13-7-5-9-15-8-4-6-11(14)12-3/h10,13H,4-9H2,1-3H3,(H,12,14). The Morgan fingerprint density at radius 2 is 1.93 bits per heavy atom. The summed E-state index contributed by atoms with van der Waals surface area (Å²) in [5.74, 6) is 0.0834.